The third-order valence-corrected chi connectivity index (χ3v) is 4.06. The maximum Gasteiger partial charge on any atom is 0.313 e. The second kappa shape index (κ2) is 6.92. The van der Waals surface area contributed by atoms with E-state index in [1.807, 2.05) is 36.4 Å². The molecule has 0 spiro atoms. The van der Waals surface area contributed by atoms with Crippen LogP contribution < -0.4 is 9.47 Å². The Bertz CT molecular complexity index is 714. The predicted molar refractivity (Wildman–Crippen MR) is 86.9 cm³/mol. The van der Waals surface area contributed by atoms with Gasteiger partial charge < -0.3 is 14.2 Å². The molecule has 0 saturated heterocycles. The Morgan fingerprint density at radius 2 is 2.13 bits per heavy atom. The van der Waals surface area contributed by atoms with Gasteiger partial charge in [0.15, 0.2) is 0 Å². The molecule has 0 N–H and O–H groups in total. The molecular weight excluding hydrogens is 316 g/mol. The Hall–Kier alpha value is -2.20. The van der Waals surface area contributed by atoms with Crippen LogP contribution in [0.5, 0.6) is 11.5 Å². The second-order valence-electron chi connectivity index (χ2n) is 5.38. The lowest BCUT2D eigenvalue weighted by Crippen LogP contribution is -2.29. The largest absolute Gasteiger partial charge is 0.496 e. The fraction of sp³-hybridized carbons (Fsp3) is 0.278. The summed E-state index contributed by atoms with van der Waals surface area (Å²) in [6.07, 6.45) is 0.570. The van der Waals surface area contributed by atoms with Gasteiger partial charge in [-0.3, -0.25) is 4.79 Å². The molecular formula is C18H17ClO4. The first-order chi connectivity index (χ1) is 11.2. The van der Waals surface area contributed by atoms with Crippen LogP contribution in [0, 0.1) is 5.92 Å². The molecule has 0 radical (unpaired) electrons. The van der Waals surface area contributed by atoms with Gasteiger partial charge in [0.05, 0.1) is 13.0 Å². The van der Waals surface area contributed by atoms with Crippen LogP contribution in [-0.2, 0) is 22.6 Å². The molecule has 0 aliphatic carbocycles. The molecule has 0 fully saturated rings. The van der Waals surface area contributed by atoms with Crippen LogP contribution in [-0.4, -0.2) is 19.7 Å². The summed E-state index contributed by atoms with van der Waals surface area (Å²) in [4.78, 5) is 12.3. The van der Waals surface area contributed by atoms with Crippen LogP contribution in [0.15, 0.2) is 42.5 Å². The first kappa shape index (κ1) is 15.7. The van der Waals surface area contributed by atoms with E-state index in [0.717, 1.165) is 16.9 Å². The van der Waals surface area contributed by atoms with E-state index in [9.17, 15) is 4.79 Å². The van der Waals surface area contributed by atoms with Crippen molar-refractivity contribution in [1.82, 2.24) is 0 Å². The zero-order chi connectivity index (χ0) is 16.2. The van der Waals surface area contributed by atoms with Gasteiger partial charge in [-0.05, 0) is 36.2 Å². The maximum absolute atomic E-state index is 12.3. The fourth-order valence-corrected chi connectivity index (χ4v) is 2.80. The average Bonchev–Trinajstić information content (AvgIpc) is 2.59. The summed E-state index contributed by atoms with van der Waals surface area (Å²) in [5, 5.41) is 0.635. The molecule has 1 aliphatic rings. The zero-order valence-corrected chi connectivity index (χ0v) is 13.5. The van der Waals surface area contributed by atoms with Crippen LogP contribution in [0.3, 0.4) is 0 Å². The molecule has 1 atom stereocenters. The molecule has 1 aliphatic heterocycles. The highest BCUT2D eigenvalue weighted by Gasteiger charge is 2.27. The van der Waals surface area contributed by atoms with Gasteiger partial charge in [0.2, 0.25) is 0 Å². The van der Waals surface area contributed by atoms with E-state index < -0.39 is 0 Å². The number of benzene rings is 2. The number of hydrogen-bond donors (Lipinski definition) is 0. The molecule has 2 aromatic carbocycles. The molecule has 0 aromatic heterocycles. The Kier molecular flexibility index (Phi) is 4.72. The van der Waals surface area contributed by atoms with Crippen molar-refractivity contribution in [2.75, 3.05) is 13.7 Å². The number of halogens is 1. The molecule has 5 heteroatoms. The molecule has 4 nitrogen and oxygen atoms in total. The minimum atomic E-state index is -0.323. The van der Waals surface area contributed by atoms with Crippen molar-refractivity contribution in [2.45, 2.75) is 13.0 Å². The number of ether oxygens (including phenoxy) is 3. The standard InChI is InChI=1S/C18H17ClO4/c1-21-16-5-3-2-4-12(16)10-23-18(20)14-8-13-9-15(19)6-7-17(13)22-11-14/h2-7,9,14H,8,10-11H2,1H3/t14-/m1/s1. The van der Waals surface area contributed by atoms with Crippen LogP contribution in [0.25, 0.3) is 0 Å². The Morgan fingerprint density at radius 3 is 2.96 bits per heavy atom. The number of fused-ring (bicyclic) bond motifs is 1. The van der Waals surface area contributed by atoms with Crippen molar-refractivity contribution < 1.29 is 19.0 Å². The Labute approximate surface area is 139 Å². The zero-order valence-electron chi connectivity index (χ0n) is 12.8. The third-order valence-electron chi connectivity index (χ3n) is 3.82. The van der Waals surface area contributed by atoms with Gasteiger partial charge in [0, 0.05) is 10.6 Å². The van der Waals surface area contributed by atoms with Crippen molar-refractivity contribution in [1.29, 1.82) is 0 Å². The number of esters is 1. The van der Waals surface area contributed by atoms with Gasteiger partial charge in [-0.15, -0.1) is 0 Å². The second-order valence-corrected chi connectivity index (χ2v) is 5.82. The van der Waals surface area contributed by atoms with Crippen LogP contribution in [0.4, 0.5) is 0 Å². The first-order valence-electron chi connectivity index (χ1n) is 7.37. The molecule has 2 aromatic rings. The van der Waals surface area contributed by atoms with Gasteiger partial charge in [-0.1, -0.05) is 29.8 Å². The fourth-order valence-electron chi connectivity index (χ4n) is 2.60. The molecule has 23 heavy (non-hydrogen) atoms. The monoisotopic (exact) mass is 332 g/mol. The number of hydrogen-bond acceptors (Lipinski definition) is 4. The van der Waals surface area contributed by atoms with E-state index in [2.05, 4.69) is 0 Å². The Balaban J connectivity index is 1.63. The van der Waals surface area contributed by atoms with Gasteiger partial charge in [-0.2, -0.15) is 0 Å². The summed E-state index contributed by atoms with van der Waals surface area (Å²) in [5.41, 5.74) is 1.77. The number of carbonyl (C=O) groups excluding carboxylic acids is 1. The maximum atomic E-state index is 12.3. The van der Waals surface area contributed by atoms with Gasteiger partial charge in [-0.25, -0.2) is 0 Å². The lowest BCUT2D eigenvalue weighted by Gasteiger charge is -2.24. The minimum absolute atomic E-state index is 0.182. The van der Waals surface area contributed by atoms with Gasteiger partial charge in [0.1, 0.15) is 24.7 Å². The lowest BCUT2D eigenvalue weighted by molar-refractivity contribution is -0.151. The highest BCUT2D eigenvalue weighted by molar-refractivity contribution is 6.30. The summed E-state index contributed by atoms with van der Waals surface area (Å²) in [6.45, 7) is 0.501. The number of para-hydroxylation sites is 1. The first-order valence-corrected chi connectivity index (χ1v) is 7.75. The van der Waals surface area contributed by atoms with E-state index in [4.69, 9.17) is 25.8 Å². The van der Waals surface area contributed by atoms with Crippen LogP contribution in [0.1, 0.15) is 11.1 Å². The minimum Gasteiger partial charge on any atom is -0.496 e. The van der Waals surface area contributed by atoms with E-state index >= 15 is 0 Å². The third kappa shape index (κ3) is 3.59. The van der Waals surface area contributed by atoms with Gasteiger partial charge in [0.25, 0.3) is 0 Å². The predicted octanol–water partition coefficient (Wildman–Crippen LogP) is 3.64. The summed E-state index contributed by atoms with van der Waals surface area (Å²) in [5.74, 6) is 0.887. The smallest absolute Gasteiger partial charge is 0.313 e. The number of methoxy groups -OCH3 is 1. The van der Waals surface area contributed by atoms with Crippen LogP contribution in [0.2, 0.25) is 5.02 Å². The van der Waals surface area contributed by atoms with Crippen molar-refractivity contribution in [2.24, 2.45) is 5.92 Å². The molecule has 3 rings (SSSR count). The molecule has 0 amide bonds. The number of rotatable bonds is 4. The van der Waals surface area contributed by atoms with Crippen molar-refractivity contribution in [3.05, 3.63) is 58.6 Å². The topological polar surface area (TPSA) is 44.8 Å². The SMILES string of the molecule is COc1ccccc1COC(=O)[C@H]1COc2ccc(Cl)cc2C1. The quantitative estimate of drug-likeness (QED) is 0.802. The highest BCUT2D eigenvalue weighted by atomic mass is 35.5. The van der Waals surface area contributed by atoms with E-state index in [1.165, 1.54) is 0 Å². The molecule has 1 heterocycles. The van der Waals surface area contributed by atoms with Crippen molar-refractivity contribution in [3.8, 4) is 11.5 Å². The summed E-state index contributed by atoms with van der Waals surface area (Å²) in [6, 6.07) is 12.9. The average molecular weight is 333 g/mol. The highest BCUT2D eigenvalue weighted by Crippen LogP contribution is 2.30. The van der Waals surface area contributed by atoms with E-state index in [1.54, 1.807) is 13.2 Å². The molecule has 120 valence electrons. The van der Waals surface area contributed by atoms with Crippen molar-refractivity contribution >= 4 is 17.6 Å². The summed E-state index contributed by atoms with van der Waals surface area (Å²) < 4.78 is 16.3. The van der Waals surface area contributed by atoms with E-state index in [-0.39, 0.29) is 18.5 Å². The number of carbonyl (C=O) groups is 1. The molecule has 0 unspecified atom stereocenters. The van der Waals surface area contributed by atoms with Crippen molar-refractivity contribution in [3.63, 3.8) is 0 Å². The lowest BCUT2D eigenvalue weighted by atomic mass is 9.97. The summed E-state index contributed by atoms with van der Waals surface area (Å²) in [7, 11) is 1.59. The molecule has 0 saturated carbocycles. The molecule has 0 bridgehead atoms. The van der Waals surface area contributed by atoms with E-state index in [0.29, 0.717) is 23.8 Å². The normalized spacial score (nSPS) is 16.2. The van der Waals surface area contributed by atoms with Crippen LogP contribution >= 0.6 is 11.6 Å². The van der Waals surface area contributed by atoms with Gasteiger partial charge >= 0.3 is 5.97 Å². The summed E-state index contributed by atoms with van der Waals surface area (Å²) >= 11 is 5.99. The Morgan fingerprint density at radius 1 is 1.30 bits per heavy atom.